The first-order valence-corrected chi connectivity index (χ1v) is 10.5. The molecule has 0 fully saturated rings. The Bertz CT molecular complexity index is 1460. The van der Waals surface area contributed by atoms with Gasteiger partial charge in [0.15, 0.2) is 11.2 Å². The smallest absolute Gasteiger partial charge is 0.332 e. The summed E-state index contributed by atoms with van der Waals surface area (Å²) in [6.07, 6.45) is 0. The second kappa shape index (κ2) is 8.78. The zero-order valence-corrected chi connectivity index (χ0v) is 19.3. The molecule has 0 bridgehead atoms. The first kappa shape index (κ1) is 22.1. The molecule has 0 spiro atoms. The average molecular weight is 447 g/mol. The molecular weight excluding hydrogens is 420 g/mol. The Labute approximate surface area is 190 Å². The SMILES string of the molecule is COc1ccc(/C(C)=N/Nc2nc3c(c(=O)n(C)c(=O)n3C)n2Cc2ccc(C)cc2)cc1. The van der Waals surface area contributed by atoms with Gasteiger partial charge >= 0.3 is 5.69 Å². The van der Waals surface area contributed by atoms with E-state index < -0.39 is 11.2 Å². The molecule has 0 saturated heterocycles. The van der Waals surface area contributed by atoms with Gasteiger partial charge in [-0.15, -0.1) is 0 Å². The van der Waals surface area contributed by atoms with Crippen molar-refractivity contribution in [1.82, 2.24) is 18.7 Å². The molecule has 9 nitrogen and oxygen atoms in total. The van der Waals surface area contributed by atoms with Crippen LogP contribution in [0.25, 0.3) is 11.2 Å². The van der Waals surface area contributed by atoms with Crippen molar-refractivity contribution in [2.75, 3.05) is 12.5 Å². The predicted octanol–water partition coefficient (Wildman–Crippen LogP) is 2.64. The van der Waals surface area contributed by atoms with Crippen molar-refractivity contribution in [1.29, 1.82) is 0 Å². The minimum atomic E-state index is -0.433. The number of hydrogen-bond acceptors (Lipinski definition) is 6. The fourth-order valence-corrected chi connectivity index (χ4v) is 3.59. The molecule has 170 valence electrons. The first-order valence-electron chi connectivity index (χ1n) is 10.5. The van der Waals surface area contributed by atoms with E-state index >= 15 is 0 Å². The van der Waals surface area contributed by atoms with Crippen molar-refractivity contribution in [3.05, 3.63) is 86.1 Å². The van der Waals surface area contributed by atoms with Crippen LogP contribution in [0.5, 0.6) is 5.75 Å². The van der Waals surface area contributed by atoms with Gasteiger partial charge in [-0.05, 0) is 49.2 Å². The van der Waals surface area contributed by atoms with Crippen LogP contribution >= 0.6 is 0 Å². The molecule has 0 aliphatic carbocycles. The second-order valence-electron chi connectivity index (χ2n) is 7.92. The van der Waals surface area contributed by atoms with Gasteiger partial charge in [0.1, 0.15) is 5.75 Å². The van der Waals surface area contributed by atoms with E-state index in [0.717, 1.165) is 32.7 Å². The van der Waals surface area contributed by atoms with Crippen molar-refractivity contribution in [2.45, 2.75) is 20.4 Å². The molecule has 0 radical (unpaired) electrons. The largest absolute Gasteiger partial charge is 0.497 e. The highest BCUT2D eigenvalue weighted by Gasteiger charge is 2.19. The molecule has 4 aromatic rings. The summed E-state index contributed by atoms with van der Waals surface area (Å²) in [6, 6.07) is 15.6. The van der Waals surface area contributed by atoms with Crippen molar-refractivity contribution in [3.8, 4) is 5.75 Å². The molecule has 9 heteroatoms. The van der Waals surface area contributed by atoms with E-state index in [-0.39, 0.29) is 0 Å². The standard InChI is InChI=1S/C24H26N6O3/c1-15-6-8-17(9-7-15)14-30-20-21(28(3)24(32)29(4)22(20)31)25-23(30)27-26-16(2)18-10-12-19(33-5)13-11-18/h6-13H,14H2,1-5H3,(H,25,27)/b26-16+. The molecule has 1 N–H and O–H groups in total. The van der Waals surface area contributed by atoms with Crippen LogP contribution < -0.4 is 21.4 Å². The van der Waals surface area contributed by atoms with E-state index in [9.17, 15) is 9.59 Å². The number of ether oxygens (including phenoxy) is 1. The van der Waals surface area contributed by atoms with Gasteiger partial charge < -0.3 is 4.74 Å². The number of rotatable bonds is 6. The maximum Gasteiger partial charge on any atom is 0.332 e. The summed E-state index contributed by atoms with van der Waals surface area (Å²) in [5, 5.41) is 4.48. The number of aryl methyl sites for hydroxylation is 2. The average Bonchev–Trinajstić information content (AvgIpc) is 3.19. The number of nitrogens with one attached hydrogen (secondary N) is 1. The maximum atomic E-state index is 13.0. The molecule has 2 aromatic heterocycles. The van der Waals surface area contributed by atoms with E-state index in [1.54, 1.807) is 18.7 Å². The van der Waals surface area contributed by atoms with Gasteiger partial charge in [0.2, 0.25) is 5.95 Å². The Morgan fingerprint density at radius 2 is 1.70 bits per heavy atom. The molecule has 0 unspecified atom stereocenters. The van der Waals surface area contributed by atoms with Crippen LogP contribution in [0.2, 0.25) is 0 Å². The fraction of sp³-hybridized carbons (Fsp3) is 0.250. The molecule has 2 heterocycles. The zero-order valence-electron chi connectivity index (χ0n) is 19.3. The van der Waals surface area contributed by atoms with Crippen LogP contribution in [-0.4, -0.2) is 31.5 Å². The van der Waals surface area contributed by atoms with Gasteiger partial charge in [0.25, 0.3) is 5.56 Å². The summed E-state index contributed by atoms with van der Waals surface area (Å²) >= 11 is 0. The minimum absolute atomic E-state index is 0.301. The number of hydrogen-bond donors (Lipinski definition) is 1. The molecule has 4 rings (SSSR count). The lowest BCUT2D eigenvalue weighted by Gasteiger charge is -2.10. The van der Waals surface area contributed by atoms with Crippen molar-refractivity contribution in [3.63, 3.8) is 0 Å². The Balaban J connectivity index is 1.81. The number of imidazole rings is 1. The quantitative estimate of drug-likeness (QED) is 0.363. The Morgan fingerprint density at radius 1 is 1.03 bits per heavy atom. The number of nitrogens with zero attached hydrogens (tertiary/aromatic N) is 5. The molecule has 0 amide bonds. The number of benzene rings is 2. The van der Waals surface area contributed by atoms with E-state index in [0.29, 0.717) is 23.7 Å². The minimum Gasteiger partial charge on any atom is -0.497 e. The summed E-state index contributed by atoms with van der Waals surface area (Å²) in [4.78, 5) is 30.0. The molecule has 2 aromatic carbocycles. The van der Waals surface area contributed by atoms with Gasteiger partial charge in [-0.3, -0.25) is 18.5 Å². The highest BCUT2D eigenvalue weighted by molar-refractivity contribution is 5.99. The van der Waals surface area contributed by atoms with Crippen LogP contribution in [0.1, 0.15) is 23.6 Å². The normalized spacial score (nSPS) is 11.7. The Morgan fingerprint density at radius 3 is 2.33 bits per heavy atom. The maximum absolute atomic E-state index is 13.0. The third kappa shape index (κ3) is 4.17. The lowest BCUT2D eigenvalue weighted by atomic mass is 10.1. The summed E-state index contributed by atoms with van der Waals surface area (Å²) in [7, 11) is 4.68. The summed E-state index contributed by atoms with van der Waals surface area (Å²) < 4.78 is 9.42. The summed E-state index contributed by atoms with van der Waals surface area (Å²) in [5.74, 6) is 1.13. The van der Waals surface area contributed by atoms with Crippen LogP contribution in [0.3, 0.4) is 0 Å². The number of methoxy groups -OCH3 is 1. The fourth-order valence-electron chi connectivity index (χ4n) is 3.59. The zero-order chi connectivity index (χ0) is 23.7. The lowest BCUT2D eigenvalue weighted by molar-refractivity contribution is 0.415. The van der Waals surface area contributed by atoms with E-state index in [1.807, 2.05) is 62.4 Å². The highest BCUT2D eigenvalue weighted by Crippen LogP contribution is 2.19. The van der Waals surface area contributed by atoms with Gasteiger partial charge in [0, 0.05) is 14.1 Å². The highest BCUT2D eigenvalue weighted by atomic mass is 16.5. The molecule has 0 aliphatic rings. The van der Waals surface area contributed by atoms with Crippen molar-refractivity contribution >= 4 is 22.8 Å². The number of aromatic nitrogens is 4. The van der Waals surface area contributed by atoms with Crippen LogP contribution in [0.4, 0.5) is 5.95 Å². The molecule has 0 atom stereocenters. The number of hydrazone groups is 1. The van der Waals surface area contributed by atoms with E-state index in [1.165, 1.54) is 11.6 Å². The van der Waals surface area contributed by atoms with Crippen molar-refractivity contribution < 1.29 is 4.74 Å². The monoisotopic (exact) mass is 446 g/mol. The van der Waals surface area contributed by atoms with Crippen LogP contribution in [0, 0.1) is 6.92 Å². The number of fused-ring (bicyclic) bond motifs is 1. The molecule has 0 aliphatic heterocycles. The molecular formula is C24H26N6O3. The number of anilines is 1. The van der Waals surface area contributed by atoms with Gasteiger partial charge in [-0.2, -0.15) is 10.1 Å². The molecule has 0 saturated carbocycles. The third-order valence-corrected chi connectivity index (χ3v) is 5.64. The first-order chi connectivity index (χ1) is 15.8. The van der Waals surface area contributed by atoms with Gasteiger partial charge in [-0.1, -0.05) is 29.8 Å². The van der Waals surface area contributed by atoms with E-state index in [4.69, 9.17) is 4.74 Å². The van der Waals surface area contributed by atoms with Crippen molar-refractivity contribution in [2.24, 2.45) is 19.2 Å². The van der Waals surface area contributed by atoms with Crippen LogP contribution in [-0.2, 0) is 20.6 Å². The van der Waals surface area contributed by atoms with Gasteiger partial charge in [0.05, 0.1) is 19.4 Å². The summed E-state index contributed by atoms with van der Waals surface area (Å²) in [6.45, 7) is 4.28. The predicted molar refractivity (Wildman–Crippen MR) is 129 cm³/mol. The lowest BCUT2D eigenvalue weighted by Crippen LogP contribution is -2.37. The van der Waals surface area contributed by atoms with E-state index in [2.05, 4.69) is 15.5 Å². The Hall–Kier alpha value is -4.14. The Kier molecular flexibility index (Phi) is 5.87. The second-order valence-corrected chi connectivity index (χ2v) is 7.92. The van der Waals surface area contributed by atoms with Crippen LogP contribution in [0.15, 0.2) is 63.2 Å². The van der Waals surface area contributed by atoms with Gasteiger partial charge in [-0.25, -0.2) is 10.2 Å². The third-order valence-electron chi connectivity index (χ3n) is 5.64. The topological polar surface area (TPSA) is 95.4 Å². The molecule has 33 heavy (non-hydrogen) atoms. The summed E-state index contributed by atoms with van der Waals surface area (Å²) in [5.41, 5.74) is 6.57.